The van der Waals surface area contributed by atoms with Crippen molar-refractivity contribution < 1.29 is 0 Å². The molecule has 5 rings (SSSR count). The fourth-order valence-corrected chi connectivity index (χ4v) is 2.91. The molecule has 25 heavy (non-hydrogen) atoms. The summed E-state index contributed by atoms with van der Waals surface area (Å²) >= 11 is 0. The van der Waals surface area contributed by atoms with E-state index in [0.29, 0.717) is 11.6 Å². The van der Waals surface area contributed by atoms with Gasteiger partial charge in [-0.1, -0.05) is 48.5 Å². The van der Waals surface area contributed by atoms with Crippen molar-refractivity contribution in [2.24, 2.45) is 0 Å². The third-order valence-electron chi connectivity index (χ3n) is 4.04. The predicted molar refractivity (Wildman–Crippen MR) is 97.7 cm³/mol. The highest BCUT2D eigenvalue weighted by Gasteiger charge is 2.15. The molecule has 0 radical (unpaired) electrons. The Labute approximate surface area is 146 Å². The summed E-state index contributed by atoms with van der Waals surface area (Å²) in [6, 6.07) is 20.8. The quantitative estimate of drug-likeness (QED) is 0.464. The minimum Gasteiger partial charge on any atom is -0.234 e. The van der Waals surface area contributed by atoms with E-state index in [1.165, 1.54) is 22.3 Å². The minimum absolute atomic E-state index is 0.554. The van der Waals surface area contributed by atoms with Crippen LogP contribution in [0.5, 0.6) is 0 Å². The van der Waals surface area contributed by atoms with Crippen LogP contribution >= 0.6 is 0 Å². The van der Waals surface area contributed by atoms with Crippen molar-refractivity contribution in [2.45, 2.75) is 6.42 Å². The fourth-order valence-electron chi connectivity index (χ4n) is 2.91. The molecule has 4 aromatic rings. The van der Waals surface area contributed by atoms with Crippen LogP contribution in [0, 0.1) is 0 Å². The minimum atomic E-state index is 0.554. The molecular weight excluding hydrogens is 308 g/mol. The summed E-state index contributed by atoms with van der Waals surface area (Å²) in [6.45, 7) is 0. The number of rotatable bonds is 1. The summed E-state index contributed by atoms with van der Waals surface area (Å²) in [5.41, 5.74) is 5.75. The van der Waals surface area contributed by atoms with Crippen molar-refractivity contribution in [3.63, 3.8) is 0 Å². The lowest BCUT2D eigenvalue weighted by molar-refractivity contribution is 1.08. The van der Waals surface area contributed by atoms with E-state index < -0.39 is 0 Å². The van der Waals surface area contributed by atoms with Crippen LogP contribution in [0.1, 0.15) is 11.1 Å². The average molecular weight is 324 g/mol. The van der Waals surface area contributed by atoms with Gasteiger partial charge in [0, 0.05) is 24.8 Å². The van der Waals surface area contributed by atoms with Gasteiger partial charge in [0.25, 0.3) is 0 Å². The molecule has 2 heterocycles. The summed E-state index contributed by atoms with van der Waals surface area (Å²) in [4.78, 5) is 16.1. The van der Waals surface area contributed by atoms with E-state index in [1.54, 1.807) is 36.9 Å². The first-order chi connectivity index (χ1) is 12.4. The maximum Gasteiger partial charge on any atom is 0.197 e. The van der Waals surface area contributed by atoms with Gasteiger partial charge in [0.1, 0.15) is 0 Å². The molecule has 0 fully saturated rings. The lowest BCUT2D eigenvalue weighted by Gasteiger charge is -1.98. The molecule has 1 aliphatic carbocycles. The first kappa shape index (κ1) is 15.1. The highest BCUT2D eigenvalue weighted by molar-refractivity contribution is 5.76. The van der Waals surface area contributed by atoms with Crippen LogP contribution in [0.4, 0.5) is 0 Å². The molecular formula is C21H16N4. The second-order valence-electron chi connectivity index (χ2n) is 5.64. The average Bonchev–Trinajstić information content (AvgIpc) is 3.09. The van der Waals surface area contributed by atoms with Gasteiger partial charge in [-0.25, -0.2) is 19.9 Å². The Bertz CT molecular complexity index is 888. The van der Waals surface area contributed by atoms with Crippen molar-refractivity contribution >= 4 is 0 Å². The van der Waals surface area contributed by atoms with E-state index >= 15 is 0 Å². The number of fused-ring (bicyclic) bond motifs is 3. The second kappa shape index (κ2) is 7.01. The van der Waals surface area contributed by atoms with Crippen molar-refractivity contribution in [3.8, 4) is 22.8 Å². The first-order valence-electron chi connectivity index (χ1n) is 8.12. The van der Waals surface area contributed by atoms with Gasteiger partial charge in [-0.15, -0.1) is 0 Å². The van der Waals surface area contributed by atoms with E-state index in [2.05, 4.69) is 68.5 Å². The normalized spacial score (nSPS) is 11.0. The van der Waals surface area contributed by atoms with E-state index in [-0.39, 0.29) is 0 Å². The van der Waals surface area contributed by atoms with Crippen molar-refractivity contribution in [1.29, 1.82) is 0 Å². The largest absolute Gasteiger partial charge is 0.234 e. The van der Waals surface area contributed by atoms with Crippen LogP contribution in [0.3, 0.4) is 0 Å². The van der Waals surface area contributed by atoms with Crippen LogP contribution in [0.25, 0.3) is 22.8 Å². The predicted octanol–water partition coefficient (Wildman–Crippen LogP) is 4.19. The molecule has 0 amide bonds. The van der Waals surface area contributed by atoms with Crippen LogP contribution in [-0.4, -0.2) is 19.9 Å². The monoisotopic (exact) mass is 324 g/mol. The molecule has 0 unspecified atom stereocenters. The molecule has 0 bridgehead atoms. The SMILES string of the molecule is c1ccc2c(c1)Cc1ccccc1-2.c1cnc(-c2ncccn2)nc1. The Balaban J connectivity index is 0.000000126. The zero-order valence-electron chi connectivity index (χ0n) is 13.6. The summed E-state index contributed by atoms with van der Waals surface area (Å²) in [5.74, 6) is 1.11. The molecule has 2 aromatic carbocycles. The molecule has 0 spiro atoms. The van der Waals surface area contributed by atoms with Crippen molar-refractivity contribution in [1.82, 2.24) is 19.9 Å². The van der Waals surface area contributed by atoms with Crippen LogP contribution < -0.4 is 0 Å². The zero-order chi connectivity index (χ0) is 16.9. The third-order valence-corrected chi connectivity index (χ3v) is 4.04. The van der Waals surface area contributed by atoms with Gasteiger partial charge in [-0.3, -0.25) is 0 Å². The van der Waals surface area contributed by atoms with E-state index in [9.17, 15) is 0 Å². The van der Waals surface area contributed by atoms with Crippen LogP contribution in [0.2, 0.25) is 0 Å². The highest BCUT2D eigenvalue weighted by atomic mass is 15.0. The number of benzene rings is 2. The van der Waals surface area contributed by atoms with E-state index in [1.807, 2.05) is 0 Å². The second-order valence-corrected chi connectivity index (χ2v) is 5.64. The third kappa shape index (κ3) is 3.28. The molecule has 120 valence electrons. The van der Waals surface area contributed by atoms with Crippen molar-refractivity contribution in [2.75, 3.05) is 0 Å². The number of nitrogens with zero attached hydrogens (tertiary/aromatic N) is 4. The molecule has 0 saturated heterocycles. The molecule has 0 aliphatic heterocycles. The summed E-state index contributed by atoms with van der Waals surface area (Å²) in [6.07, 6.45) is 7.76. The molecule has 0 atom stereocenters. The van der Waals surface area contributed by atoms with E-state index in [4.69, 9.17) is 0 Å². The molecule has 4 heteroatoms. The van der Waals surface area contributed by atoms with Gasteiger partial charge in [-0.2, -0.15) is 0 Å². The smallest absolute Gasteiger partial charge is 0.197 e. The Morgan fingerprint density at radius 1 is 0.480 bits per heavy atom. The van der Waals surface area contributed by atoms with Gasteiger partial charge in [0.05, 0.1) is 0 Å². The van der Waals surface area contributed by atoms with Gasteiger partial charge in [0.15, 0.2) is 11.6 Å². The Hall–Kier alpha value is -3.40. The molecule has 1 aliphatic rings. The van der Waals surface area contributed by atoms with E-state index in [0.717, 1.165) is 6.42 Å². The standard InChI is InChI=1S/C13H10.C8H6N4/c1-3-7-12-10(5-1)9-11-6-2-4-8-13(11)12;1-3-9-7(10-4-1)8-11-5-2-6-12-8/h1-8H,9H2;1-6H. The van der Waals surface area contributed by atoms with Crippen LogP contribution in [0.15, 0.2) is 85.5 Å². The van der Waals surface area contributed by atoms with Gasteiger partial charge < -0.3 is 0 Å². The van der Waals surface area contributed by atoms with Gasteiger partial charge in [-0.05, 0) is 40.8 Å². The number of aromatic nitrogens is 4. The van der Waals surface area contributed by atoms with Gasteiger partial charge >= 0.3 is 0 Å². The lowest BCUT2D eigenvalue weighted by atomic mass is 10.1. The fraction of sp³-hybridized carbons (Fsp3) is 0.0476. The first-order valence-corrected chi connectivity index (χ1v) is 8.12. The highest BCUT2D eigenvalue weighted by Crippen LogP contribution is 2.35. The van der Waals surface area contributed by atoms with Crippen LogP contribution in [-0.2, 0) is 6.42 Å². The number of hydrogen-bond acceptors (Lipinski definition) is 4. The Kier molecular flexibility index (Phi) is 4.25. The zero-order valence-corrected chi connectivity index (χ0v) is 13.6. The maximum absolute atomic E-state index is 4.01. The summed E-state index contributed by atoms with van der Waals surface area (Å²) in [5, 5.41) is 0. The summed E-state index contributed by atoms with van der Waals surface area (Å²) < 4.78 is 0. The van der Waals surface area contributed by atoms with Crippen molar-refractivity contribution in [3.05, 3.63) is 96.6 Å². The molecule has 2 aromatic heterocycles. The van der Waals surface area contributed by atoms with Gasteiger partial charge in [0.2, 0.25) is 0 Å². The molecule has 0 saturated carbocycles. The maximum atomic E-state index is 4.01. The molecule has 4 nitrogen and oxygen atoms in total. The topological polar surface area (TPSA) is 51.6 Å². The summed E-state index contributed by atoms with van der Waals surface area (Å²) in [7, 11) is 0. The Morgan fingerprint density at radius 3 is 1.32 bits per heavy atom. The molecule has 0 N–H and O–H groups in total. The lowest BCUT2D eigenvalue weighted by Crippen LogP contribution is -1.91. The number of hydrogen-bond donors (Lipinski definition) is 0. The Morgan fingerprint density at radius 2 is 0.880 bits per heavy atom.